The van der Waals surface area contributed by atoms with Gasteiger partial charge in [-0.1, -0.05) is 6.07 Å². The molecule has 0 unspecified atom stereocenters. The van der Waals surface area contributed by atoms with Gasteiger partial charge in [0.15, 0.2) is 0 Å². The zero-order chi connectivity index (χ0) is 15.6. The Labute approximate surface area is 120 Å². The van der Waals surface area contributed by atoms with E-state index in [0.29, 0.717) is 0 Å². The number of halogens is 1. The summed E-state index contributed by atoms with van der Waals surface area (Å²) < 4.78 is 35.8. The number of amides is 1. The highest BCUT2D eigenvalue weighted by atomic mass is 32.2. The van der Waals surface area contributed by atoms with Crippen molar-refractivity contribution in [1.29, 1.82) is 0 Å². The van der Waals surface area contributed by atoms with Gasteiger partial charge in [-0.15, -0.1) is 0 Å². The number of primary sulfonamides is 1. The minimum Gasteiger partial charge on any atom is -0.508 e. The molecule has 110 valence electrons. The summed E-state index contributed by atoms with van der Waals surface area (Å²) in [7, 11) is -4.09. The van der Waals surface area contributed by atoms with Crippen LogP contribution in [0.15, 0.2) is 47.4 Å². The number of phenols is 1. The molecule has 2 rings (SSSR count). The lowest BCUT2D eigenvalue weighted by Crippen LogP contribution is -2.15. The third kappa shape index (κ3) is 3.77. The van der Waals surface area contributed by atoms with Crippen LogP contribution in [-0.4, -0.2) is 19.4 Å². The molecule has 6 nitrogen and oxygen atoms in total. The molecule has 1 amide bonds. The third-order valence-electron chi connectivity index (χ3n) is 2.57. The Hall–Kier alpha value is -2.45. The van der Waals surface area contributed by atoms with Crippen LogP contribution in [0.2, 0.25) is 0 Å². The fourth-order valence-corrected chi connectivity index (χ4v) is 2.22. The number of phenolic OH excluding ortho intramolecular Hbond substituents is 1. The first-order valence-corrected chi connectivity index (χ1v) is 7.24. The van der Waals surface area contributed by atoms with E-state index in [-0.39, 0.29) is 17.0 Å². The summed E-state index contributed by atoms with van der Waals surface area (Å²) in [6, 6.07) is 8.25. The fourth-order valence-electron chi connectivity index (χ4n) is 1.65. The molecule has 0 saturated carbocycles. The van der Waals surface area contributed by atoms with Gasteiger partial charge in [-0.05, 0) is 36.4 Å². The highest BCUT2D eigenvalue weighted by molar-refractivity contribution is 7.89. The van der Waals surface area contributed by atoms with Gasteiger partial charge in [0.05, 0.1) is 4.90 Å². The zero-order valence-corrected chi connectivity index (χ0v) is 11.4. The van der Waals surface area contributed by atoms with Gasteiger partial charge in [0.2, 0.25) is 10.0 Å². The van der Waals surface area contributed by atoms with Gasteiger partial charge in [-0.2, -0.15) is 0 Å². The second-order valence-electron chi connectivity index (χ2n) is 4.23. The van der Waals surface area contributed by atoms with Crippen molar-refractivity contribution in [3.05, 3.63) is 53.8 Å². The summed E-state index contributed by atoms with van der Waals surface area (Å²) in [5.41, 5.74) is 0.0729. The lowest BCUT2D eigenvalue weighted by Gasteiger charge is -2.07. The van der Waals surface area contributed by atoms with Crippen LogP contribution in [0.4, 0.5) is 10.1 Å². The summed E-state index contributed by atoms with van der Waals surface area (Å²) in [5.74, 6) is -1.59. The maximum absolute atomic E-state index is 13.4. The first kappa shape index (κ1) is 14.9. The zero-order valence-electron chi connectivity index (χ0n) is 10.6. The molecule has 0 aliphatic heterocycles. The van der Waals surface area contributed by atoms with Gasteiger partial charge in [0.1, 0.15) is 11.6 Å². The molecule has 4 N–H and O–H groups in total. The Bertz CT molecular complexity index is 806. The van der Waals surface area contributed by atoms with Gasteiger partial charge in [-0.3, -0.25) is 4.79 Å². The molecule has 0 aromatic heterocycles. The van der Waals surface area contributed by atoms with E-state index in [4.69, 9.17) is 5.14 Å². The van der Waals surface area contributed by atoms with E-state index in [2.05, 4.69) is 5.32 Å². The number of hydrogen-bond acceptors (Lipinski definition) is 4. The molecule has 21 heavy (non-hydrogen) atoms. The first-order valence-electron chi connectivity index (χ1n) is 5.69. The smallest absolute Gasteiger partial charge is 0.255 e. The minimum atomic E-state index is -4.09. The second-order valence-corrected chi connectivity index (χ2v) is 5.79. The van der Waals surface area contributed by atoms with Gasteiger partial charge in [0.25, 0.3) is 5.91 Å². The molecule has 2 aromatic carbocycles. The average molecular weight is 310 g/mol. The number of hydrogen-bond donors (Lipinski definition) is 3. The second kappa shape index (κ2) is 5.51. The van der Waals surface area contributed by atoms with E-state index in [0.717, 1.165) is 18.2 Å². The van der Waals surface area contributed by atoms with Gasteiger partial charge in [-0.25, -0.2) is 17.9 Å². The lowest BCUT2D eigenvalue weighted by atomic mass is 10.2. The van der Waals surface area contributed by atoms with Gasteiger partial charge in [0, 0.05) is 11.3 Å². The van der Waals surface area contributed by atoms with E-state index in [1.54, 1.807) is 0 Å². The fraction of sp³-hybridized carbons (Fsp3) is 0. The molecule has 0 saturated heterocycles. The number of benzene rings is 2. The summed E-state index contributed by atoms with van der Waals surface area (Å²) in [5, 5.41) is 16.5. The van der Waals surface area contributed by atoms with Crippen LogP contribution in [0, 0.1) is 5.82 Å². The van der Waals surface area contributed by atoms with Crippen LogP contribution >= 0.6 is 0 Å². The van der Waals surface area contributed by atoms with Crippen molar-refractivity contribution in [1.82, 2.24) is 0 Å². The molecule has 0 atom stereocenters. The van der Waals surface area contributed by atoms with Crippen LogP contribution in [0.1, 0.15) is 10.4 Å². The third-order valence-corrected chi connectivity index (χ3v) is 3.46. The van der Waals surface area contributed by atoms with Crippen LogP contribution in [0.3, 0.4) is 0 Å². The molecule has 8 heteroatoms. The molecular weight excluding hydrogens is 299 g/mol. The Balaban J connectivity index is 2.32. The highest BCUT2D eigenvalue weighted by Crippen LogP contribution is 2.19. The quantitative estimate of drug-likeness (QED) is 0.796. The summed E-state index contributed by atoms with van der Waals surface area (Å²) >= 11 is 0. The van der Waals surface area contributed by atoms with Crippen LogP contribution in [0.5, 0.6) is 5.75 Å². The molecule has 0 spiro atoms. The average Bonchev–Trinajstić information content (AvgIpc) is 2.37. The van der Waals surface area contributed by atoms with Crippen LogP contribution < -0.4 is 10.5 Å². The lowest BCUT2D eigenvalue weighted by molar-refractivity contribution is 0.102. The number of rotatable bonds is 3. The van der Waals surface area contributed by atoms with E-state index in [9.17, 15) is 22.7 Å². The van der Waals surface area contributed by atoms with Crippen molar-refractivity contribution in [2.24, 2.45) is 5.14 Å². The van der Waals surface area contributed by atoms with Crippen molar-refractivity contribution >= 4 is 21.6 Å². The SMILES string of the molecule is NS(=O)(=O)c1cc(F)cc(NC(=O)c2cccc(O)c2)c1. The monoisotopic (exact) mass is 310 g/mol. The normalized spacial score (nSPS) is 11.1. The Morgan fingerprint density at radius 2 is 1.90 bits per heavy atom. The van der Waals surface area contributed by atoms with Gasteiger partial charge < -0.3 is 10.4 Å². The van der Waals surface area contributed by atoms with E-state index in [1.165, 1.54) is 24.3 Å². The molecule has 0 aliphatic rings. The first-order chi connectivity index (χ1) is 9.75. The predicted molar refractivity (Wildman–Crippen MR) is 73.8 cm³/mol. The molecule has 0 radical (unpaired) electrons. The summed E-state index contributed by atoms with van der Waals surface area (Å²) in [6.07, 6.45) is 0. The number of aromatic hydroxyl groups is 1. The maximum atomic E-state index is 13.4. The predicted octanol–water partition coefficient (Wildman–Crippen LogP) is 1.43. The van der Waals surface area contributed by atoms with Gasteiger partial charge >= 0.3 is 0 Å². The van der Waals surface area contributed by atoms with Crippen molar-refractivity contribution in [2.75, 3.05) is 5.32 Å². The molecule has 0 heterocycles. The van der Waals surface area contributed by atoms with Crippen molar-refractivity contribution in [2.45, 2.75) is 4.90 Å². The standard InChI is InChI=1S/C13H11FN2O4S/c14-9-5-10(7-12(6-9)21(15,19)20)16-13(18)8-2-1-3-11(17)4-8/h1-7,17H,(H,16,18)(H2,15,19,20). The molecule has 2 aromatic rings. The summed E-state index contributed by atoms with van der Waals surface area (Å²) in [6.45, 7) is 0. The van der Waals surface area contributed by atoms with E-state index in [1.807, 2.05) is 0 Å². The number of nitrogens with one attached hydrogen (secondary N) is 1. The van der Waals surface area contributed by atoms with E-state index < -0.39 is 26.6 Å². The van der Waals surface area contributed by atoms with Crippen molar-refractivity contribution < 1.29 is 22.7 Å². The molecule has 0 bridgehead atoms. The van der Waals surface area contributed by atoms with Crippen molar-refractivity contribution in [3.8, 4) is 5.75 Å². The Kier molecular flexibility index (Phi) is 3.92. The van der Waals surface area contributed by atoms with Crippen molar-refractivity contribution in [3.63, 3.8) is 0 Å². The topological polar surface area (TPSA) is 109 Å². The summed E-state index contributed by atoms with van der Waals surface area (Å²) in [4.78, 5) is 11.5. The maximum Gasteiger partial charge on any atom is 0.255 e. The number of anilines is 1. The number of carbonyl (C=O) groups excluding carboxylic acids is 1. The molecule has 0 fully saturated rings. The number of sulfonamides is 1. The largest absolute Gasteiger partial charge is 0.508 e. The van der Waals surface area contributed by atoms with Crippen LogP contribution in [0.25, 0.3) is 0 Å². The van der Waals surface area contributed by atoms with Crippen LogP contribution in [-0.2, 0) is 10.0 Å². The Morgan fingerprint density at radius 3 is 2.52 bits per heavy atom. The number of carbonyl (C=O) groups is 1. The number of nitrogens with two attached hydrogens (primary N) is 1. The highest BCUT2D eigenvalue weighted by Gasteiger charge is 2.13. The molecular formula is C13H11FN2O4S. The Morgan fingerprint density at radius 1 is 1.19 bits per heavy atom. The van der Waals surface area contributed by atoms with E-state index >= 15 is 0 Å². The minimum absolute atomic E-state index is 0.0626. The molecule has 0 aliphatic carbocycles.